The summed E-state index contributed by atoms with van der Waals surface area (Å²) in [4.78, 5) is 96.1. The Bertz CT molecular complexity index is 2500. The second-order valence-corrected chi connectivity index (χ2v) is 20.9. The van der Waals surface area contributed by atoms with Gasteiger partial charge in [-0.1, -0.05) is 63.9 Å². The first-order valence-electron chi connectivity index (χ1n) is 25.2. The van der Waals surface area contributed by atoms with Gasteiger partial charge in [-0.2, -0.15) is 0 Å². The van der Waals surface area contributed by atoms with E-state index in [9.17, 15) is 33.9 Å². The number of nitrogens with one attached hydrogen (secondary N) is 3. The Morgan fingerprint density at radius 3 is 2.31 bits per heavy atom. The largest absolute Gasteiger partial charge is 0.391 e. The molecule has 0 radical (unpaired) electrons. The number of carbonyl (C=O) groups excluding carboxylic acids is 6. The van der Waals surface area contributed by atoms with Crippen molar-refractivity contribution in [1.82, 2.24) is 50.8 Å². The first-order valence-corrected chi connectivity index (χ1v) is 26.1. The zero-order chi connectivity index (χ0) is 51.2. The van der Waals surface area contributed by atoms with E-state index in [0.29, 0.717) is 69.7 Å². The maximum absolute atomic E-state index is 14.1. The summed E-state index contributed by atoms with van der Waals surface area (Å²) in [6.45, 7) is 11.7. The number of nitrogens with zero attached hydrogens (tertiary/aromatic N) is 8. The molecule has 0 bridgehead atoms. The lowest BCUT2D eigenvalue weighted by atomic mass is 9.85. The van der Waals surface area contributed by atoms with Crippen LogP contribution in [0.25, 0.3) is 16.5 Å². The Morgan fingerprint density at radius 1 is 0.875 bits per heavy atom. The van der Waals surface area contributed by atoms with Crippen molar-refractivity contribution < 1.29 is 33.9 Å². The highest BCUT2D eigenvalue weighted by Crippen LogP contribution is 2.29. The summed E-state index contributed by atoms with van der Waals surface area (Å²) in [7, 11) is 0. The van der Waals surface area contributed by atoms with Crippen LogP contribution in [0.3, 0.4) is 0 Å². The zero-order valence-corrected chi connectivity index (χ0v) is 42.7. The van der Waals surface area contributed by atoms with Crippen molar-refractivity contribution in [3.63, 3.8) is 0 Å². The van der Waals surface area contributed by atoms with E-state index < -0.39 is 29.5 Å². The van der Waals surface area contributed by atoms with E-state index in [1.165, 1.54) is 11.0 Å². The molecule has 72 heavy (non-hydrogen) atoms. The number of piperazine rings is 1. The van der Waals surface area contributed by atoms with Gasteiger partial charge in [0.05, 0.1) is 22.2 Å². The van der Waals surface area contributed by atoms with Gasteiger partial charge in [-0.3, -0.25) is 33.8 Å². The van der Waals surface area contributed by atoms with E-state index in [2.05, 4.69) is 36.1 Å². The molecule has 0 unspecified atom stereocenters. The minimum atomic E-state index is -0.965. The van der Waals surface area contributed by atoms with Gasteiger partial charge in [0.15, 0.2) is 11.5 Å². The van der Waals surface area contributed by atoms with Gasteiger partial charge < -0.3 is 40.7 Å². The first kappa shape index (κ1) is 53.2. The van der Waals surface area contributed by atoms with Gasteiger partial charge in [0.2, 0.25) is 29.5 Å². The summed E-state index contributed by atoms with van der Waals surface area (Å²) in [5, 5.41) is 28.0. The van der Waals surface area contributed by atoms with Crippen LogP contribution in [-0.4, -0.2) is 146 Å². The second kappa shape index (κ2) is 25.2. The third-order valence-corrected chi connectivity index (χ3v) is 14.7. The molecule has 3 aromatic heterocycles. The normalized spacial score (nSPS) is 18.0. The van der Waals surface area contributed by atoms with Crippen LogP contribution in [0, 0.1) is 18.3 Å². The standard InChI is InChI=1S/C53H69N11O7S/c1-36-48(72-35-57-36)40-16-13-39(14-17-40)33-56-50(69)43-31-41(65)34-64(43)52(71)49(53(2,3)4)58-46(67)11-7-12-47(68)62-29-27-61(28-30-62)44-19-18-42(59-60-44)51(70)63-25-21-37(22-26-63)9-5-6-24-55-45(66)20-15-38-10-8-23-54-32-38/h8,10,13-20,23,32,35,37,41,43,49,65H,5-7,9,11-12,21-22,24-31,33-34H2,1-4H3,(H,55,66)(H,56,69)(H,58,67)/b20-15+/t41-,43+,49-/m1/s1. The van der Waals surface area contributed by atoms with Crippen LogP contribution in [0.1, 0.15) is 106 Å². The summed E-state index contributed by atoms with van der Waals surface area (Å²) in [5.41, 5.74) is 5.17. The molecular formula is C53H69N11O7S. The van der Waals surface area contributed by atoms with Crippen molar-refractivity contribution in [2.24, 2.45) is 11.3 Å². The molecule has 3 aliphatic heterocycles. The lowest BCUT2D eigenvalue weighted by molar-refractivity contribution is -0.144. The van der Waals surface area contributed by atoms with Gasteiger partial charge in [-0.05, 0) is 84.9 Å². The van der Waals surface area contributed by atoms with Crippen molar-refractivity contribution in [2.45, 2.75) is 110 Å². The number of carbonyl (C=O) groups is 6. The molecule has 3 fully saturated rings. The van der Waals surface area contributed by atoms with Crippen molar-refractivity contribution in [3.05, 3.63) is 95.0 Å². The average molecular weight is 1000 g/mol. The molecule has 19 heteroatoms. The Balaban J connectivity index is 0.779. The molecule has 0 spiro atoms. The molecule has 6 heterocycles. The lowest BCUT2D eigenvalue weighted by Crippen LogP contribution is -2.57. The predicted molar refractivity (Wildman–Crippen MR) is 275 cm³/mol. The van der Waals surface area contributed by atoms with Gasteiger partial charge in [0.25, 0.3) is 5.91 Å². The molecule has 384 valence electrons. The number of unbranched alkanes of at least 4 members (excludes halogenated alkanes) is 1. The van der Waals surface area contributed by atoms with Crippen LogP contribution >= 0.6 is 11.3 Å². The number of benzene rings is 1. The third-order valence-electron chi connectivity index (χ3n) is 13.7. The molecule has 1 aromatic carbocycles. The predicted octanol–water partition coefficient (Wildman–Crippen LogP) is 4.78. The van der Waals surface area contributed by atoms with Crippen LogP contribution in [0.15, 0.2) is 72.5 Å². The molecule has 3 saturated heterocycles. The van der Waals surface area contributed by atoms with Crippen LogP contribution in [-0.2, 0) is 30.5 Å². The highest BCUT2D eigenvalue weighted by molar-refractivity contribution is 7.13. The Hall–Kier alpha value is -6.60. The highest BCUT2D eigenvalue weighted by atomic mass is 32.1. The minimum absolute atomic E-state index is 0.0251. The third kappa shape index (κ3) is 14.7. The van der Waals surface area contributed by atoms with Crippen molar-refractivity contribution in [3.8, 4) is 10.4 Å². The molecule has 4 N–H and O–H groups in total. The summed E-state index contributed by atoms with van der Waals surface area (Å²) in [6, 6.07) is 13.2. The number of likely N-dealkylation sites (tertiary alicyclic amines) is 2. The van der Waals surface area contributed by atoms with Gasteiger partial charge in [-0.25, -0.2) is 4.98 Å². The summed E-state index contributed by atoms with van der Waals surface area (Å²) >= 11 is 1.57. The summed E-state index contributed by atoms with van der Waals surface area (Å²) < 4.78 is 0. The fraction of sp³-hybridized carbons (Fsp3) is 0.509. The summed E-state index contributed by atoms with van der Waals surface area (Å²) in [6.07, 6.45) is 11.2. The molecule has 0 saturated carbocycles. The van der Waals surface area contributed by atoms with Crippen LogP contribution in [0.4, 0.5) is 5.82 Å². The molecule has 18 nitrogen and oxygen atoms in total. The lowest BCUT2D eigenvalue weighted by Gasteiger charge is -2.35. The Labute approximate surface area is 426 Å². The van der Waals surface area contributed by atoms with Gasteiger partial charge in [-0.15, -0.1) is 21.5 Å². The van der Waals surface area contributed by atoms with Crippen LogP contribution in [0.2, 0.25) is 0 Å². The van der Waals surface area contributed by atoms with Crippen molar-refractivity contribution >= 4 is 58.7 Å². The number of piperidine rings is 1. The maximum atomic E-state index is 14.1. The maximum Gasteiger partial charge on any atom is 0.274 e. The van der Waals surface area contributed by atoms with E-state index in [0.717, 1.165) is 59.4 Å². The number of β-amino-alcohol motifs (C(OH)–C–C–N with tert-alkyl or cyclic N) is 1. The molecule has 7 rings (SSSR count). The van der Waals surface area contributed by atoms with Crippen LogP contribution < -0.4 is 20.9 Å². The first-order chi connectivity index (χ1) is 34.6. The molecule has 4 aromatic rings. The number of thiazole rings is 1. The number of aliphatic hydroxyl groups excluding tert-OH is 1. The number of amides is 6. The minimum Gasteiger partial charge on any atom is -0.391 e. The average Bonchev–Trinajstić information content (AvgIpc) is 4.01. The number of hydrogen-bond donors (Lipinski definition) is 4. The zero-order valence-electron chi connectivity index (χ0n) is 41.9. The molecule has 3 aliphatic rings. The van der Waals surface area contributed by atoms with Crippen LogP contribution in [0.5, 0.6) is 0 Å². The SMILES string of the molecule is Cc1ncsc1-c1ccc(CNC(=O)[C@@H]2C[C@@H](O)CN2C(=O)[C@@H](NC(=O)CCCC(=O)N2CCN(c3ccc(C(=O)N4CCC(CCCCNC(=O)/C=C/c5cccnc5)CC4)nn3)CC2)C(C)(C)C)cc1. The van der Waals surface area contributed by atoms with E-state index in [1.807, 2.05) is 79.4 Å². The number of hydrogen-bond acceptors (Lipinski definition) is 13. The number of rotatable bonds is 19. The number of aryl methyl sites for hydroxylation is 1. The number of aromatic nitrogens is 4. The number of anilines is 1. The molecule has 6 amide bonds. The van der Waals surface area contributed by atoms with Gasteiger partial charge in [0.1, 0.15) is 12.1 Å². The van der Waals surface area contributed by atoms with E-state index in [1.54, 1.807) is 46.8 Å². The van der Waals surface area contributed by atoms with E-state index in [4.69, 9.17) is 0 Å². The number of pyridine rings is 1. The van der Waals surface area contributed by atoms with E-state index in [-0.39, 0.29) is 61.9 Å². The van der Waals surface area contributed by atoms with Gasteiger partial charge >= 0.3 is 0 Å². The fourth-order valence-electron chi connectivity index (χ4n) is 9.43. The van der Waals surface area contributed by atoms with Gasteiger partial charge in [0, 0.05) is 96.6 Å². The smallest absolute Gasteiger partial charge is 0.274 e. The highest BCUT2D eigenvalue weighted by Gasteiger charge is 2.44. The summed E-state index contributed by atoms with van der Waals surface area (Å²) in [5.74, 6) is -0.336. The molecule has 0 aliphatic carbocycles. The molecule has 3 atom stereocenters. The monoisotopic (exact) mass is 1000 g/mol. The van der Waals surface area contributed by atoms with Crippen molar-refractivity contribution in [2.75, 3.05) is 57.3 Å². The van der Waals surface area contributed by atoms with Crippen molar-refractivity contribution in [1.29, 1.82) is 0 Å². The quantitative estimate of drug-likeness (QED) is 0.0736. The fourth-order valence-corrected chi connectivity index (χ4v) is 10.2. The van der Waals surface area contributed by atoms with E-state index >= 15 is 0 Å². The second-order valence-electron chi connectivity index (χ2n) is 20.1. The number of aliphatic hydroxyl groups is 1. The molecular weight excluding hydrogens is 935 g/mol. The topological polar surface area (TPSA) is 223 Å². The Morgan fingerprint density at radius 2 is 1.64 bits per heavy atom. The Kier molecular flexibility index (Phi) is 18.6.